The minimum absolute atomic E-state index is 0.140. The zero-order chi connectivity index (χ0) is 19.6. The van der Waals surface area contributed by atoms with Crippen LogP contribution in [-0.4, -0.2) is 13.6 Å². The van der Waals surface area contributed by atoms with Crippen molar-refractivity contribution in [2.75, 3.05) is 4.72 Å². The van der Waals surface area contributed by atoms with Crippen LogP contribution in [0, 0.1) is 13.8 Å². The van der Waals surface area contributed by atoms with E-state index in [-0.39, 0.29) is 10.8 Å². The first kappa shape index (κ1) is 18.9. The highest BCUT2D eigenvalue weighted by molar-refractivity contribution is 7.92. The molecule has 2 aromatic carbocycles. The molecule has 0 atom stereocenters. The number of rotatable bonds is 5. The summed E-state index contributed by atoms with van der Waals surface area (Å²) in [7, 11) is -3.83. The zero-order valence-corrected chi connectivity index (χ0v) is 16.6. The smallest absolute Gasteiger partial charge is 0.264 e. The van der Waals surface area contributed by atoms with Gasteiger partial charge in [0.15, 0.2) is 0 Å². The van der Waals surface area contributed by atoms with E-state index in [9.17, 15) is 8.42 Å². The van der Waals surface area contributed by atoms with Gasteiger partial charge in [0.05, 0.1) is 10.6 Å². The molecule has 5 nitrogen and oxygen atoms in total. The van der Waals surface area contributed by atoms with Crippen LogP contribution in [0.5, 0.6) is 0 Å². The molecular weight excluding hydrogens is 360 g/mol. The Morgan fingerprint density at radius 3 is 2.30 bits per heavy atom. The first-order chi connectivity index (χ1) is 12.8. The van der Waals surface area contributed by atoms with E-state index in [1.165, 1.54) is 5.57 Å². The number of sulfonamides is 1. The molecule has 140 valence electrons. The summed E-state index contributed by atoms with van der Waals surface area (Å²) >= 11 is 0. The highest BCUT2D eigenvalue weighted by Crippen LogP contribution is 2.30. The average Bonchev–Trinajstić information content (AvgIpc) is 2.93. The molecule has 1 aromatic heterocycles. The van der Waals surface area contributed by atoms with E-state index in [1.807, 2.05) is 44.2 Å². The second kappa shape index (κ2) is 7.40. The lowest BCUT2D eigenvalue weighted by Crippen LogP contribution is -2.14. The third-order valence-electron chi connectivity index (χ3n) is 4.24. The lowest BCUT2D eigenvalue weighted by Gasteiger charge is -2.11. The third kappa shape index (κ3) is 4.11. The number of allylic oxidation sites excluding steroid dienone is 1. The molecule has 0 unspecified atom stereocenters. The number of hydrogen-bond acceptors (Lipinski definition) is 4. The Hall–Kier alpha value is -2.86. The van der Waals surface area contributed by atoms with Gasteiger partial charge in [0, 0.05) is 11.1 Å². The van der Waals surface area contributed by atoms with E-state index in [2.05, 4.69) is 16.0 Å². The van der Waals surface area contributed by atoms with Crippen molar-refractivity contribution in [3.8, 4) is 11.1 Å². The Balaban J connectivity index is 2.00. The summed E-state index contributed by atoms with van der Waals surface area (Å²) < 4.78 is 33.5. The van der Waals surface area contributed by atoms with Crippen LogP contribution in [0.1, 0.15) is 30.7 Å². The first-order valence-electron chi connectivity index (χ1n) is 8.58. The van der Waals surface area contributed by atoms with Gasteiger partial charge in [0.2, 0.25) is 5.88 Å². The molecule has 0 saturated heterocycles. The highest BCUT2D eigenvalue weighted by Gasteiger charge is 2.22. The van der Waals surface area contributed by atoms with Gasteiger partial charge in [-0.05, 0) is 44.9 Å². The maximum Gasteiger partial charge on any atom is 0.264 e. The first-order valence-corrected chi connectivity index (χ1v) is 10.1. The number of nitrogens with zero attached hydrogens (tertiary/aromatic N) is 1. The van der Waals surface area contributed by atoms with E-state index >= 15 is 0 Å². The Kier molecular flexibility index (Phi) is 5.19. The lowest BCUT2D eigenvalue weighted by atomic mass is 10.0. The highest BCUT2D eigenvalue weighted by atomic mass is 32.2. The van der Waals surface area contributed by atoms with Crippen molar-refractivity contribution in [3.05, 3.63) is 70.9 Å². The van der Waals surface area contributed by atoms with E-state index in [0.29, 0.717) is 16.8 Å². The van der Waals surface area contributed by atoms with Crippen molar-refractivity contribution in [2.45, 2.75) is 32.6 Å². The molecule has 0 aliphatic carbocycles. The van der Waals surface area contributed by atoms with Gasteiger partial charge >= 0.3 is 0 Å². The summed E-state index contributed by atoms with van der Waals surface area (Å²) in [5.74, 6) is 0.140. The van der Waals surface area contributed by atoms with E-state index < -0.39 is 10.0 Å². The summed E-state index contributed by atoms with van der Waals surface area (Å²) in [4.78, 5) is 0.188. The summed E-state index contributed by atoms with van der Waals surface area (Å²) in [5, 5.41) is 3.80. The number of hydrogen-bond donors (Lipinski definition) is 1. The van der Waals surface area contributed by atoms with Crippen LogP contribution in [0.2, 0.25) is 0 Å². The van der Waals surface area contributed by atoms with Crippen LogP contribution < -0.4 is 4.72 Å². The summed E-state index contributed by atoms with van der Waals surface area (Å²) in [6, 6.07) is 14.7. The predicted octanol–water partition coefficient (Wildman–Crippen LogP) is 5.18. The monoisotopic (exact) mass is 382 g/mol. The van der Waals surface area contributed by atoms with Gasteiger partial charge in [-0.1, -0.05) is 59.3 Å². The van der Waals surface area contributed by atoms with Gasteiger partial charge in [0.25, 0.3) is 10.0 Å². The van der Waals surface area contributed by atoms with Crippen molar-refractivity contribution in [3.63, 3.8) is 0 Å². The van der Waals surface area contributed by atoms with E-state index in [0.717, 1.165) is 11.1 Å². The predicted molar refractivity (Wildman–Crippen MR) is 108 cm³/mol. The molecule has 6 heteroatoms. The molecule has 0 fully saturated rings. The molecule has 27 heavy (non-hydrogen) atoms. The van der Waals surface area contributed by atoms with Crippen molar-refractivity contribution >= 4 is 22.0 Å². The van der Waals surface area contributed by atoms with Crippen molar-refractivity contribution in [1.29, 1.82) is 0 Å². The molecule has 0 amide bonds. The normalized spacial score (nSPS) is 11.3. The lowest BCUT2D eigenvalue weighted by molar-refractivity contribution is 0.430. The SMILES string of the molecule is CC(C)=Cc1ccc(-c2ccccc2S(=O)(=O)Nc2onc(C)c2C)cc1. The number of benzene rings is 2. The molecule has 0 bridgehead atoms. The molecule has 0 aliphatic rings. The largest absolute Gasteiger partial charge is 0.337 e. The van der Waals surface area contributed by atoms with Gasteiger partial charge in [0.1, 0.15) is 0 Å². The van der Waals surface area contributed by atoms with Gasteiger partial charge < -0.3 is 4.52 Å². The maximum absolute atomic E-state index is 13.0. The Bertz CT molecular complexity index is 1090. The van der Waals surface area contributed by atoms with E-state index in [1.54, 1.807) is 32.0 Å². The van der Waals surface area contributed by atoms with E-state index in [4.69, 9.17) is 4.52 Å². The molecular formula is C21H22N2O3S. The number of aromatic nitrogens is 1. The van der Waals surface area contributed by atoms with Gasteiger partial charge in [-0.3, -0.25) is 0 Å². The molecule has 0 radical (unpaired) electrons. The van der Waals surface area contributed by atoms with Crippen LogP contribution in [0.15, 0.2) is 63.5 Å². The van der Waals surface area contributed by atoms with Crippen LogP contribution in [0.25, 0.3) is 17.2 Å². The topological polar surface area (TPSA) is 72.2 Å². The fourth-order valence-corrected chi connectivity index (χ4v) is 4.00. The minimum Gasteiger partial charge on any atom is -0.337 e. The maximum atomic E-state index is 13.0. The van der Waals surface area contributed by atoms with Gasteiger partial charge in [-0.25, -0.2) is 13.1 Å². The van der Waals surface area contributed by atoms with Crippen molar-refractivity contribution in [1.82, 2.24) is 5.16 Å². The van der Waals surface area contributed by atoms with Crippen LogP contribution in [0.3, 0.4) is 0 Å². The third-order valence-corrected chi connectivity index (χ3v) is 5.63. The number of anilines is 1. The second-order valence-corrected chi connectivity index (χ2v) is 8.32. The molecule has 0 saturated carbocycles. The summed E-state index contributed by atoms with van der Waals surface area (Å²) in [6.45, 7) is 7.60. The molecule has 3 aromatic rings. The zero-order valence-electron chi connectivity index (χ0n) is 15.8. The fourth-order valence-electron chi connectivity index (χ4n) is 2.72. The molecule has 0 aliphatic heterocycles. The van der Waals surface area contributed by atoms with Crippen molar-refractivity contribution in [2.24, 2.45) is 0 Å². The van der Waals surface area contributed by atoms with Crippen LogP contribution in [0.4, 0.5) is 5.88 Å². The summed E-state index contributed by atoms with van der Waals surface area (Å²) in [5.41, 5.74) is 5.05. The number of aryl methyl sites for hydroxylation is 1. The minimum atomic E-state index is -3.83. The van der Waals surface area contributed by atoms with Gasteiger partial charge in [-0.2, -0.15) is 0 Å². The summed E-state index contributed by atoms with van der Waals surface area (Å²) in [6.07, 6.45) is 2.07. The van der Waals surface area contributed by atoms with Crippen LogP contribution in [-0.2, 0) is 10.0 Å². The Labute approximate surface area is 159 Å². The quantitative estimate of drug-likeness (QED) is 0.660. The molecule has 0 spiro atoms. The fraction of sp³-hybridized carbons (Fsp3) is 0.190. The van der Waals surface area contributed by atoms with Crippen molar-refractivity contribution < 1.29 is 12.9 Å². The molecule has 3 rings (SSSR count). The number of nitrogens with one attached hydrogen (secondary N) is 1. The average molecular weight is 382 g/mol. The second-order valence-electron chi connectivity index (χ2n) is 6.67. The van der Waals surface area contributed by atoms with Gasteiger partial charge in [-0.15, -0.1) is 0 Å². The molecule has 1 N–H and O–H groups in total. The molecule has 1 heterocycles. The Morgan fingerprint density at radius 1 is 1.04 bits per heavy atom. The Morgan fingerprint density at radius 2 is 1.70 bits per heavy atom. The van der Waals surface area contributed by atoms with Crippen LogP contribution >= 0.6 is 0 Å². The standard InChI is InChI=1S/C21H22N2O3S/c1-14(2)13-17-9-11-18(12-10-17)19-7-5-6-8-20(19)27(24,25)23-21-15(3)16(4)22-26-21/h5-13,23H,1-4H3.